The number of unbranched alkanes of at least 4 members (excludes halogenated alkanes) is 8. The van der Waals surface area contributed by atoms with Crippen molar-refractivity contribution in [3.8, 4) is 0 Å². The first-order chi connectivity index (χ1) is 19.8. The maximum Gasteiger partial charge on any atom is 0.410 e. The number of aliphatic hydroxyl groups is 2. The molecule has 0 aromatic heterocycles. The molecule has 2 rings (SSSR count). The number of likely N-dealkylation sites (tertiary alicyclic amines) is 1. The molecule has 4 atom stereocenters. The zero-order valence-corrected chi connectivity index (χ0v) is 27.1. The van der Waals surface area contributed by atoms with Crippen LogP contribution in [0.1, 0.15) is 116 Å². The van der Waals surface area contributed by atoms with Crippen LogP contribution in [0.5, 0.6) is 0 Å². The molecular weight excluding hydrogens is 556 g/mol. The van der Waals surface area contributed by atoms with Crippen molar-refractivity contribution in [2.45, 2.75) is 133 Å². The van der Waals surface area contributed by atoms with Gasteiger partial charge >= 0.3 is 6.09 Å². The Morgan fingerprint density at radius 2 is 1.60 bits per heavy atom. The Hall–Kier alpha value is -2.17. The van der Waals surface area contributed by atoms with Gasteiger partial charge in [-0.25, -0.2) is 13.2 Å². The van der Waals surface area contributed by atoms with E-state index in [0.717, 1.165) is 31.9 Å². The molecule has 1 heterocycles. The third-order valence-electron chi connectivity index (χ3n) is 7.91. The largest absolute Gasteiger partial charge is 0.444 e. The van der Waals surface area contributed by atoms with Crippen molar-refractivity contribution in [1.82, 2.24) is 10.2 Å². The van der Waals surface area contributed by atoms with Crippen molar-refractivity contribution in [2.24, 2.45) is 5.92 Å². The highest BCUT2D eigenvalue weighted by Gasteiger charge is 2.39. The van der Waals surface area contributed by atoms with E-state index in [1.54, 1.807) is 20.8 Å². The summed E-state index contributed by atoms with van der Waals surface area (Å²) in [5, 5.41) is 23.7. The fraction of sp³-hybridized carbons (Fsp3) is 0.750. The first-order valence-electron chi connectivity index (χ1n) is 15.7. The molecule has 2 unspecified atom stereocenters. The molecule has 1 aromatic rings. The van der Waals surface area contributed by atoms with Gasteiger partial charge in [-0.1, -0.05) is 83.3 Å². The van der Waals surface area contributed by atoms with Crippen molar-refractivity contribution in [3.63, 3.8) is 0 Å². The van der Waals surface area contributed by atoms with E-state index in [4.69, 9.17) is 4.74 Å². The summed E-state index contributed by atoms with van der Waals surface area (Å²) in [5.41, 5.74) is -0.356. The second-order valence-electron chi connectivity index (χ2n) is 12.8. The highest BCUT2D eigenvalue weighted by Crippen LogP contribution is 2.30. The lowest BCUT2D eigenvalue weighted by Crippen LogP contribution is -2.57. The number of carbonyl (C=O) groups is 2. The maximum atomic E-state index is 13.6. The van der Waals surface area contributed by atoms with Crippen molar-refractivity contribution in [2.75, 3.05) is 19.4 Å². The van der Waals surface area contributed by atoms with E-state index < -0.39 is 52.2 Å². The maximum absolute atomic E-state index is 13.6. The fourth-order valence-corrected chi connectivity index (χ4v) is 6.11. The minimum Gasteiger partial charge on any atom is -0.444 e. The lowest BCUT2D eigenvalue weighted by molar-refractivity contribution is -0.130. The molecule has 0 aliphatic carbocycles. The smallest absolute Gasteiger partial charge is 0.410 e. The van der Waals surface area contributed by atoms with Gasteiger partial charge < -0.3 is 20.3 Å². The zero-order valence-electron chi connectivity index (χ0n) is 26.3. The Bertz CT molecular complexity index is 1070. The van der Waals surface area contributed by atoms with Gasteiger partial charge in [-0.3, -0.25) is 9.69 Å². The van der Waals surface area contributed by atoms with Gasteiger partial charge in [0.05, 0.1) is 17.5 Å². The van der Waals surface area contributed by atoms with Crippen LogP contribution in [0.4, 0.5) is 4.79 Å². The van der Waals surface area contributed by atoms with E-state index in [-0.39, 0.29) is 10.8 Å². The van der Waals surface area contributed by atoms with Gasteiger partial charge in [0, 0.05) is 12.8 Å². The molecule has 2 amide bonds. The number of sulfone groups is 1. The minimum absolute atomic E-state index is 0.108. The monoisotopic (exact) mass is 610 g/mol. The lowest BCUT2D eigenvalue weighted by Gasteiger charge is -2.40. The van der Waals surface area contributed by atoms with Crippen LogP contribution in [0.25, 0.3) is 0 Å². The number of rotatable bonds is 16. The summed E-state index contributed by atoms with van der Waals surface area (Å²) >= 11 is 0. The van der Waals surface area contributed by atoms with E-state index in [2.05, 4.69) is 12.2 Å². The van der Waals surface area contributed by atoms with Gasteiger partial charge in [-0.15, -0.1) is 0 Å². The molecule has 1 saturated heterocycles. The molecule has 1 fully saturated rings. The summed E-state index contributed by atoms with van der Waals surface area (Å²) in [7, 11) is -3.40. The summed E-state index contributed by atoms with van der Waals surface area (Å²) in [6, 6.07) is 3.86. The third kappa shape index (κ3) is 12.2. The molecule has 42 heavy (non-hydrogen) atoms. The molecule has 0 spiro atoms. The van der Waals surface area contributed by atoms with Crippen LogP contribution in [0, 0.1) is 5.92 Å². The number of nitrogens with one attached hydrogen (secondary N) is 1. The average molecular weight is 611 g/mol. The first kappa shape index (κ1) is 36.0. The van der Waals surface area contributed by atoms with Crippen LogP contribution in [-0.4, -0.2) is 72.6 Å². The van der Waals surface area contributed by atoms with Crippen molar-refractivity contribution < 1.29 is 33.0 Å². The summed E-state index contributed by atoms with van der Waals surface area (Å²) in [6.07, 6.45) is 12.7. The highest BCUT2D eigenvalue weighted by molar-refractivity contribution is 7.90. The Morgan fingerprint density at radius 3 is 2.12 bits per heavy atom. The van der Waals surface area contributed by atoms with Gasteiger partial charge in [-0.2, -0.15) is 0 Å². The second-order valence-corrected chi connectivity index (χ2v) is 14.8. The van der Waals surface area contributed by atoms with Crippen LogP contribution in [0.2, 0.25) is 0 Å². The normalized spacial score (nSPS) is 19.3. The van der Waals surface area contributed by atoms with E-state index in [1.165, 1.54) is 74.1 Å². The predicted octanol–water partition coefficient (Wildman–Crippen LogP) is 5.54. The zero-order chi connectivity index (χ0) is 31.3. The molecule has 10 heteroatoms. The Labute approximate surface area is 253 Å². The molecule has 0 bridgehead atoms. The van der Waals surface area contributed by atoms with Gasteiger partial charge in [0.2, 0.25) is 5.91 Å². The SMILES string of the molecule is CCCCCCCCCCCC1CCN(C(=O)OC(C)(C)C)C(C(=O)N[C@@H](CO)[C@@H](O)c2ccc(S(C)(=O)=O)cc2)C1. The van der Waals surface area contributed by atoms with Crippen LogP contribution in [-0.2, 0) is 19.4 Å². The lowest BCUT2D eigenvalue weighted by atomic mass is 9.86. The van der Waals surface area contributed by atoms with Crippen LogP contribution in [0.3, 0.4) is 0 Å². The number of piperidine rings is 1. The number of hydrogen-bond donors (Lipinski definition) is 3. The number of hydrogen-bond acceptors (Lipinski definition) is 7. The standard InChI is InChI=1S/C32H54N2O7S/c1-6-7-8-9-10-11-12-13-14-15-24-20-21-34(31(38)41-32(2,3)4)28(22-24)30(37)33-27(23-35)29(36)25-16-18-26(19-17-25)42(5,39)40/h16-19,24,27-29,35-36H,6-15,20-23H2,1-5H3,(H,33,37)/t24?,27-,28?,29-/m0/s1. The second kappa shape index (κ2) is 17.2. The topological polar surface area (TPSA) is 133 Å². The van der Waals surface area contributed by atoms with Crippen LogP contribution >= 0.6 is 0 Å². The van der Waals surface area contributed by atoms with Crippen molar-refractivity contribution >= 4 is 21.8 Å². The average Bonchev–Trinajstić information content (AvgIpc) is 2.93. The molecule has 9 nitrogen and oxygen atoms in total. The first-order valence-corrected chi connectivity index (χ1v) is 17.5. The Morgan fingerprint density at radius 1 is 1.02 bits per heavy atom. The predicted molar refractivity (Wildman–Crippen MR) is 165 cm³/mol. The minimum atomic E-state index is -3.40. The molecule has 0 saturated carbocycles. The number of benzene rings is 1. The highest BCUT2D eigenvalue weighted by atomic mass is 32.2. The van der Waals surface area contributed by atoms with Crippen molar-refractivity contribution in [1.29, 1.82) is 0 Å². The summed E-state index contributed by atoms with van der Waals surface area (Å²) in [6.45, 7) is 7.43. The van der Waals surface area contributed by atoms with Crippen LogP contribution < -0.4 is 5.32 Å². The van der Waals surface area contributed by atoms with Crippen molar-refractivity contribution in [3.05, 3.63) is 29.8 Å². The number of aliphatic hydroxyl groups excluding tert-OH is 2. The Kier molecular flexibility index (Phi) is 14.8. The van der Waals surface area contributed by atoms with E-state index in [9.17, 15) is 28.2 Å². The molecular formula is C32H54N2O7S. The number of carbonyl (C=O) groups excluding carboxylic acids is 2. The van der Waals surface area contributed by atoms with E-state index >= 15 is 0 Å². The van der Waals surface area contributed by atoms with Gasteiger partial charge in [0.15, 0.2) is 9.84 Å². The Balaban J connectivity index is 2.04. The summed E-state index contributed by atoms with van der Waals surface area (Å²) < 4.78 is 29.2. The summed E-state index contributed by atoms with van der Waals surface area (Å²) in [5.74, 6) is -0.173. The molecule has 1 aliphatic rings. The number of nitrogens with zero attached hydrogens (tertiary/aromatic N) is 1. The van der Waals surface area contributed by atoms with Gasteiger partial charge in [-0.05, 0) is 57.2 Å². The van der Waals surface area contributed by atoms with Gasteiger partial charge in [0.1, 0.15) is 17.7 Å². The van der Waals surface area contributed by atoms with Crippen LogP contribution in [0.15, 0.2) is 29.2 Å². The molecule has 3 N–H and O–H groups in total. The number of amides is 2. The fourth-order valence-electron chi connectivity index (χ4n) is 5.48. The molecule has 1 aliphatic heterocycles. The van der Waals surface area contributed by atoms with E-state index in [1.807, 2.05) is 0 Å². The molecule has 1 aromatic carbocycles. The summed E-state index contributed by atoms with van der Waals surface area (Å²) in [4.78, 5) is 28.2. The quantitative estimate of drug-likeness (QED) is 0.209. The third-order valence-corrected chi connectivity index (χ3v) is 9.04. The van der Waals surface area contributed by atoms with E-state index in [0.29, 0.717) is 18.5 Å². The molecule has 240 valence electrons. The molecule has 0 radical (unpaired) electrons. The van der Waals surface area contributed by atoms with Gasteiger partial charge in [0.25, 0.3) is 0 Å². The number of ether oxygens (including phenoxy) is 1.